The smallest absolute Gasteiger partial charge is 0.326 e. The van der Waals surface area contributed by atoms with Crippen molar-refractivity contribution in [3.63, 3.8) is 0 Å². The summed E-state index contributed by atoms with van der Waals surface area (Å²) in [7, 11) is 0. The van der Waals surface area contributed by atoms with Gasteiger partial charge in [-0.25, -0.2) is 4.79 Å². The first-order valence-electron chi connectivity index (χ1n) is 9.01. The molecule has 2 aromatic carbocycles. The number of aromatic hydroxyl groups is 1. The number of phenolic OH excluding ortho intramolecular Hbond substituents is 1. The van der Waals surface area contributed by atoms with E-state index >= 15 is 0 Å². The molecule has 1 saturated heterocycles. The van der Waals surface area contributed by atoms with Crippen LogP contribution in [0.15, 0.2) is 48.5 Å². The molecule has 1 fully saturated rings. The molecule has 2 aromatic rings. The number of anilines is 1. The Morgan fingerprint density at radius 2 is 1.79 bits per heavy atom. The number of hydrogen-bond donors (Lipinski definition) is 3. The summed E-state index contributed by atoms with van der Waals surface area (Å²) in [6.45, 7) is 2.17. The number of carbonyl (C=O) groups excluding carboxylic acids is 2. The number of nitrogens with one attached hydrogen (secondary N) is 1. The molecule has 0 radical (unpaired) electrons. The average molecular weight is 382 g/mol. The van der Waals surface area contributed by atoms with Crippen molar-refractivity contribution in [1.82, 2.24) is 5.32 Å². The topological polar surface area (TPSA) is 107 Å². The molecule has 28 heavy (non-hydrogen) atoms. The molecule has 0 bridgehead atoms. The molecule has 0 spiro atoms. The summed E-state index contributed by atoms with van der Waals surface area (Å²) in [6.07, 6.45) is 0.134. The molecule has 0 aromatic heterocycles. The molecule has 2 amide bonds. The number of carboxylic acids is 1. The molecule has 3 N–H and O–H groups in total. The molecule has 0 aliphatic carbocycles. The second kappa shape index (κ2) is 8.12. The second-order valence-electron chi connectivity index (χ2n) is 7.01. The maximum Gasteiger partial charge on any atom is 0.326 e. The van der Waals surface area contributed by atoms with E-state index in [2.05, 4.69) is 5.32 Å². The van der Waals surface area contributed by atoms with Gasteiger partial charge in [-0.2, -0.15) is 0 Å². The molecule has 1 aliphatic rings. The van der Waals surface area contributed by atoms with Crippen LogP contribution in [0.1, 0.15) is 17.5 Å². The maximum atomic E-state index is 12.6. The van der Waals surface area contributed by atoms with Crippen molar-refractivity contribution in [2.45, 2.75) is 25.8 Å². The van der Waals surface area contributed by atoms with E-state index in [0.717, 1.165) is 11.3 Å². The molecule has 2 unspecified atom stereocenters. The number of carbonyl (C=O) groups is 3. The lowest BCUT2D eigenvalue weighted by Crippen LogP contribution is -2.45. The van der Waals surface area contributed by atoms with Crippen molar-refractivity contribution in [3.8, 4) is 5.75 Å². The molecule has 7 heteroatoms. The molecule has 146 valence electrons. The first kappa shape index (κ1) is 19.4. The predicted molar refractivity (Wildman–Crippen MR) is 103 cm³/mol. The van der Waals surface area contributed by atoms with Crippen LogP contribution in [0, 0.1) is 12.8 Å². The highest BCUT2D eigenvalue weighted by atomic mass is 16.4. The summed E-state index contributed by atoms with van der Waals surface area (Å²) in [4.78, 5) is 38.0. The van der Waals surface area contributed by atoms with Crippen LogP contribution in [0.4, 0.5) is 5.69 Å². The van der Waals surface area contributed by atoms with Crippen LogP contribution in [0.3, 0.4) is 0 Å². The molecule has 7 nitrogen and oxygen atoms in total. The van der Waals surface area contributed by atoms with Gasteiger partial charge in [0.15, 0.2) is 0 Å². The summed E-state index contributed by atoms with van der Waals surface area (Å²) in [6, 6.07) is 12.5. The minimum atomic E-state index is -1.15. The molecule has 0 saturated carbocycles. The maximum absolute atomic E-state index is 12.6. The first-order chi connectivity index (χ1) is 13.3. The summed E-state index contributed by atoms with van der Waals surface area (Å²) in [5, 5.41) is 21.3. The third kappa shape index (κ3) is 4.49. The van der Waals surface area contributed by atoms with E-state index in [4.69, 9.17) is 0 Å². The molecule has 3 rings (SSSR count). The van der Waals surface area contributed by atoms with Gasteiger partial charge in [-0.3, -0.25) is 9.59 Å². The van der Waals surface area contributed by atoms with Crippen molar-refractivity contribution < 1.29 is 24.6 Å². The van der Waals surface area contributed by atoms with Gasteiger partial charge in [0.1, 0.15) is 11.8 Å². The first-order valence-corrected chi connectivity index (χ1v) is 9.01. The van der Waals surface area contributed by atoms with Crippen molar-refractivity contribution in [1.29, 1.82) is 0 Å². The molecule has 1 aliphatic heterocycles. The Labute approximate surface area is 162 Å². The number of amides is 2. The van der Waals surface area contributed by atoms with Crippen LogP contribution >= 0.6 is 0 Å². The lowest BCUT2D eigenvalue weighted by atomic mass is 10.0. The van der Waals surface area contributed by atoms with Crippen molar-refractivity contribution in [2.75, 3.05) is 11.4 Å². The number of aliphatic carboxylic acids is 1. The van der Waals surface area contributed by atoms with Gasteiger partial charge in [0.2, 0.25) is 11.8 Å². The number of hydrogen-bond acceptors (Lipinski definition) is 4. The van der Waals surface area contributed by atoms with Crippen molar-refractivity contribution in [3.05, 3.63) is 59.7 Å². The minimum Gasteiger partial charge on any atom is -0.508 e. The van der Waals surface area contributed by atoms with E-state index in [1.54, 1.807) is 17.0 Å². The number of nitrogens with zero attached hydrogens (tertiary/aromatic N) is 1. The largest absolute Gasteiger partial charge is 0.508 e. The number of benzene rings is 2. The third-order valence-corrected chi connectivity index (χ3v) is 4.83. The van der Waals surface area contributed by atoms with Gasteiger partial charge < -0.3 is 20.4 Å². The molecular formula is C21H22N2O5. The quantitative estimate of drug-likeness (QED) is 0.707. The number of carboxylic acid groups (broad SMARTS) is 1. The lowest BCUT2D eigenvalue weighted by molar-refractivity contribution is -0.142. The number of aryl methyl sites for hydroxylation is 1. The van der Waals surface area contributed by atoms with Crippen molar-refractivity contribution in [2.24, 2.45) is 5.92 Å². The summed E-state index contributed by atoms with van der Waals surface area (Å²) >= 11 is 0. The average Bonchev–Trinajstić information content (AvgIpc) is 3.05. The van der Waals surface area contributed by atoms with E-state index in [-0.39, 0.29) is 31.0 Å². The Hall–Kier alpha value is -3.35. The zero-order valence-electron chi connectivity index (χ0n) is 15.5. The van der Waals surface area contributed by atoms with Crippen LogP contribution < -0.4 is 10.2 Å². The fraction of sp³-hybridized carbons (Fsp3) is 0.286. The van der Waals surface area contributed by atoms with E-state index < -0.39 is 23.8 Å². The zero-order chi connectivity index (χ0) is 20.3. The van der Waals surface area contributed by atoms with E-state index in [9.17, 15) is 24.6 Å². The fourth-order valence-corrected chi connectivity index (χ4v) is 3.21. The molecule has 1 heterocycles. The summed E-state index contributed by atoms with van der Waals surface area (Å²) in [5.41, 5.74) is 2.47. The number of phenols is 1. The standard InChI is InChI=1S/C21H22N2O5/c1-13-2-6-16(7-3-13)23-12-15(11-19(23)25)20(26)22-18(21(27)28)10-14-4-8-17(24)9-5-14/h2-9,15,18,24H,10-12H2,1H3,(H,22,26)(H,27,28). The Balaban J connectivity index is 1.65. The highest BCUT2D eigenvalue weighted by Crippen LogP contribution is 2.25. The highest BCUT2D eigenvalue weighted by molar-refractivity contribution is 6.00. The summed E-state index contributed by atoms with van der Waals surface area (Å²) < 4.78 is 0. The van der Waals surface area contributed by atoms with E-state index in [1.165, 1.54) is 12.1 Å². The monoisotopic (exact) mass is 382 g/mol. The van der Waals surface area contributed by atoms with Gasteiger partial charge in [-0.1, -0.05) is 29.8 Å². The minimum absolute atomic E-state index is 0.0469. The fourth-order valence-electron chi connectivity index (χ4n) is 3.21. The van der Waals surface area contributed by atoms with Crippen LogP contribution in [-0.4, -0.2) is 40.6 Å². The predicted octanol–water partition coefficient (Wildman–Crippen LogP) is 1.87. The van der Waals surface area contributed by atoms with Crippen molar-refractivity contribution >= 4 is 23.5 Å². The highest BCUT2D eigenvalue weighted by Gasteiger charge is 2.36. The lowest BCUT2D eigenvalue weighted by Gasteiger charge is -2.19. The Bertz CT molecular complexity index is 877. The van der Waals surface area contributed by atoms with Gasteiger partial charge in [0.25, 0.3) is 0 Å². The second-order valence-corrected chi connectivity index (χ2v) is 7.01. The number of rotatable bonds is 6. The Morgan fingerprint density at radius 1 is 1.14 bits per heavy atom. The summed E-state index contributed by atoms with van der Waals surface area (Å²) in [5.74, 6) is -2.28. The van der Waals surface area contributed by atoms with E-state index in [1.807, 2.05) is 31.2 Å². The van der Waals surface area contributed by atoms with Gasteiger partial charge in [-0.15, -0.1) is 0 Å². The van der Waals surface area contributed by atoms with Crippen LogP contribution in [0.25, 0.3) is 0 Å². The van der Waals surface area contributed by atoms with Crippen LogP contribution in [0.5, 0.6) is 5.75 Å². The SMILES string of the molecule is Cc1ccc(N2CC(C(=O)NC(Cc3ccc(O)cc3)C(=O)O)CC2=O)cc1. The Kier molecular flexibility index (Phi) is 5.63. The van der Waals surface area contributed by atoms with Gasteiger partial charge in [0.05, 0.1) is 5.92 Å². The molecular weight excluding hydrogens is 360 g/mol. The van der Waals surface area contributed by atoms with Crippen LogP contribution in [-0.2, 0) is 20.8 Å². The Morgan fingerprint density at radius 3 is 2.39 bits per heavy atom. The van der Waals surface area contributed by atoms with E-state index in [0.29, 0.717) is 5.56 Å². The molecule has 2 atom stereocenters. The van der Waals surface area contributed by atoms with Gasteiger partial charge in [0, 0.05) is 25.1 Å². The van der Waals surface area contributed by atoms with Gasteiger partial charge in [-0.05, 0) is 36.8 Å². The van der Waals surface area contributed by atoms with Crippen LogP contribution in [0.2, 0.25) is 0 Å². The third-order valence-electron chi connectivity index (χ3n) is 4.83. The zero-order valence-corrected chi connectivity index (χ0v) is 15.5. The normalized spacial score (nSPS) is 17.4. The van der Waals surface area contributed by atoms with Gasteiger partial charge >= 0.3 is 5.97 Å².